The summed E-state index contributed by atoms with van der Waals surface area (Å²) in [5.41, 5.74) is 9.81. The third-order valence-electron chi connectivity index (χ3n) is 6.92. The molecular formula is C27H26N4O2. The number of para-hydroxylation sites is 1. The lowest BCUT2D eigenvalue weighted by molar-refractivity contribution is -0.124. The van der Waals surface area contributed by atoms with Gasteiger partial charge in [-0.1, -0.05) is 42.8 Å². The molecule has 33 heavy (non-hydrogen) atoms. The molecule has 2 aromatic carbocycles. The van der Waals surface area contributed by atoms with Crippen LogP contribution in [-0.2, 0) is 15.0 Å². The maximum absolute atomic E-state index is 14.2. The summed E-state index contributed by atoms with van der Waals surface area (Å²) in [7, 11) is 0. The molecule has 0 bridgehead atoms. The van der Waals surface area contributed by atoms with Gasteiger partial charge in [0, 0.05) is 41.2 Å². The van der Waals surface area contributed by atoms with Crippen molar-refractivity contribution in [2.24, 2.45) is 5.73 Å². The fourth-order valence-corrected chi connectivity index (χ4v) is 5.56. The average molecular weight is 439 g/mol. The molecule has 2 N–H and O–H groups in total. The lowest BCUT2D eigenvalue weighted by atomic mass is 9.64. The lowest BCUT2D eigenvalue weighted by Gasteiger charge is -2.43. The molecule has 166 valence electrons. The lowest BCUT2D eigenvalue weighted by Crippen LogP contribution is -2.52. The van der Waals surface area contributed by atoms with Crippen LogP contribution in [0.4, 0.5) is 11.4 Å². The minimum Gasteiger partial charge on any atom is -0.384 e. The number of hydrogen-bond acceptors (Lipinski definition) is 5. The standard InChI is InChI=1S/C27H26N4O2/c1-3-15-30-21-8-5-4-7-19(21)27(26(30)33)20(16-28)25(29)31(18-13-11-17(2)12-14-18)22-9-6-10-23(32)24(22)27/h4-5,7-8,11-14H,3,6,9-10,15,29H2,1-2H3. The van der Waals surface area contributed by atoms with Crippen molar-refractivity contribution in [3.8, 4) is 6.07 Å². The molecule has 1 aliphatic carbocycles. The zero-order valence-electron chi connectivity index (χ0n) is 18.9. The van der Waals surface area contributed by atoms with E-state index in [1.807, 2.05) is 67.3 Å². The highest BCUT2D eigenvalue weighted by Gasteiger charge is 2.62. The number of Topliss-reactive ketones (excluding diaryl/α,β-unsaturated/α-hetero) is 1. The van der Waals surface area contributed by atoms with Crippen molar-refractivity contribution in [1.29, 1.82) is 5.26 Å². The quantitative estimate of drug-likeness (QED) is 0.775. The molecule has 6 heteroatoms. The van der Waals surface area contributed by atoms with Crippen LogP contribution in [0, 0.1) is 18.3 Å². The van der Waals surface area contributed by atoms with Gasteiger partial charge in [-0.05, 0) is 44.4 Å². The van der Waals surface area contributed by atoms with Gasteiger partial charge in [0.1, 0.15) is 17.3 Å². The molecule has 1 atom stereocenters. The number of carbonyl (C=O) groups excluding carboxylic acids is 2. The number of allylic oxidation sites excluding steroid dienone is 1. The van der Waals surface area contributed by atoms with Crippen molar-refractivity contribution in [2.45, 2.75) is 44.9 Å². The Balaban J connectivity index is 1.87. The summed E-state index contributed by atoms with van der Waals surface area (Å²) in [5.74, 6) is -0.122. The Morgan fingerprint density at radius 2 is 1.82 bits per heavy atom. The molecule has 0 radical (unpaired) electrons. The van der Waals surface area contributed by atoms with Crippen molar-refractivity contribution in [1.82, 2.24) is 0 Å². The number of nitriles is 1. The Bertz CT molecular complexity index is 1280. The number of rotatable bonds is 3. The predicted octanol–water partition coefficient (Wildman–Crippen LogP) is 4.21. The van der Waals surface area contributed by atoms with Gasteiger partial charge in [-0.3, -0.25) is 14.5 Å². The number of nitrogens with two attached hydrogens (primary N) is 1. The Kier molecular flexibility index (Phi) is 4.86. The van der Waals surface area contributed by atoms with Gasteiger partial charge in [-0.25, -0.2) is 0 Å². The van der Waals surface area contributed by atoms with Gasteiger partial charge in [-0.15, -0.1) is 0 Å². The summed E-state index contributed by atoms with van der Waals surface area (Å²) in [6.45, 7) is 4.52. The fourth-order valence-electron chi connectivity index (χ4n) is 5.56. The van der Waals surface area contributed by atoms with E-state index in [4.69, 9.17) is 5.73 Å². The number of aryl methyl sites for hydroxylation is 1. The molecular weight excluding hydrogens is 412 g/mol. The van der Waals surface area contributed by atoms with Gasteiger partial charge in [0.15, 0.2) is 5.78 Å². The minimum atomic E-state index is -1.49. The van der Waals surface area contributed by atoms with E-state index in [0.717, 1.165) is 29.1 Å². The van der Waals surface area contributed by atoms with Crippen LogP contribution in [-0.4, -0.2) is 18.2 Å². The van der Waals surface area contributed by atoms with Gasteiger partial charge in [-0.2, -0.15) is 5.26 Å². The van der Waals surface area contributed by atoms with Crippen LogP contribution in [0.2, 0.25) is 0 Å². The van der Waals surface area contributed by atoms with E-state index in [1.54, 1.807) is 4.90 Å². The molecule has 2 aromatic rings. The highest BCUT2D eigenvalue weighted by molar-refractivity contribution is 6.20. The normalized spacial score (nSPS) is 22.1. The monoisotopic (exact) mass is 438 g/mol. The minimum absolute atomic E-state index is 0.0879. The molecule has 0 fully saturated rings. The molecule has 2 heterocycles. The summed E-state index contributed by atoms with van der Waals surface area (Å²) < 4.78 is 0. The van der Waals surface area contributed by atoms with Crippen LogP contribution in [0.25, 0.3) is 0 Å². The number of carbonyl (C=O) groups is 2. The first-order chi connectivity index (χ1) is 16.0. The molecule has 0 aromatic heterocycles. The highest BCUT2D eigenvalue weighted by Crippen LogP contribution is 2.56. The molecule has 6 nitrogen and oxygen atoms in total. The SMILES string of the molecule is CCCN1C(=O)C2(C(C#N)=C(N)N(c3ccc(C)cc3)C3=C2C(=O)CCC3)c2ccccc21. The zero-order valence-corrected chi connectivity index (χ0v) is 18.9. The Morgan fingerprint density at radius 1 is 1.09 bits per heavy atom. The molecule has 2 aliphatic heterocycles. The van der Waals surface area contributed by atoms with Crippen molar-refractivity contribution < 1.29 is 9.59 Å². The van der Waals surface area contributed by atoms with Crippen LogP contribution in [0.15, 0.2) is 71.2 Å². The second-order valence-electron chi connectivity index (χ2n) is 8.87. The Labute approximate surface area is 193 Å². The number of nitrogens with zero attached hydrogens (tertiary/aromatic N) is 3. The van der Waals surface area contributed by atoms with E-state index in [1.165, 1.54) is 0 Å². The van der Waals surface area contributed by atoms with E-state index in [2.05, 4.69) is 6.07 Å². The molecule has 5 rings (SSSR count). The maximum atomic E-state index is 14.2. The van der Waals surface area contributed by atoms with Gasteiger partial charge >= 0.3 is 0 Å². The first kappa shape index (κ1) is 21.0. The molecule has 0 saturated carbocycles. The first-order valence-corrected chi connectivity index (χ1v) is 11.4. The van der Waals surface area contributed by atoms with E-state index in [0.29, 0.717) is 36.9 Å². The molecule has 1 amide bonds. The number of ketones is 1. The number of fused-ring (bicyclic) bond motifs is 3. The van der Waals surface area contributed by atoms with Crippen molar-refractivity contribution in [2.75, 3.05) is 16.3 Å². The third-order valence-corrected chi connectivity index (χ3v) is 6.92. The van der Waals surface area contributed by atoms with E-state index in [-0.39, 0.29) is 23.1 Å². The summed E-state index contributed by atoms with van der Waals surface area (Å²) in [5, 5.41) is 10.4. The predicted molar refractivity (Wildman–Crippen MR) is 127 cm³/mol. The van der Waals surface area contributed by atoms with Crippen LogP contribution in [0.1, 0.15) is 43.7 Å². The topological polar surface area (TPSA) is 90.4 Å². The zero-order chi connectivity index (χ0) is 23.3. The highest BCUT2D eigenvalue weighted by atomic mass is 16.2. The van der Waals surface area contributed by atoms with Crippen LogP contribution in [0.5, 0.6) is 0 Å². The van der Waals surface area contributed by atoms with Crippen molar-refractivity contribution in [3.63, 3.8) is 0 Å². The van der Waals surface area contributed by atoms with E-state index < -0.39 is 5.41 Å². The Morgan fingerprint density at radius 3 is 2.52 bits per heavy atom. The van der Waals surface area contributed by atoms with Gasteiger partial charge in [0.25, 0.3) is 0 Å². The third kappa shape index (κ3) is 2.72. The fraction of sp³-hybridized carbons (Fsp3) is 0.296. The smallest absolute Gasteiger partial charge is 0.247 e. The van der Waals surface area contributed by atoms with Crippen molar-refractivity contribution >= 4 is 23.1 Å². The van der Waals surface area contributed by atoms with Crippen LogP contribution in [0.3, 0.4) is 0 Å². The second-order valence-corrected chi connectivity index (χ2v) is 8.87. The summed E-state index contributed by atoms with van der Waals surface area (Å²) in [4.78, 5) is 31.3. The Hall–Kier alpha value is -3.85. The van der Waals surface area contributed by atoms with Crippen LogP contribution >= 0.6 is 0 Å². The van der Waals surface area contributed by atoms with E-state index >= 15 is 0 Å². The van der Waals surface area contributed by atoms with Crippen molar-refractivity contribution in [3.05, 3.63) is 82.3 Å². The summed E-state index contributed by atoms with van der Waals surface area (Å²) in [6, 6.07) is 17.6. The maximum Gasteiger partial charge on any atom is 0.247 e. The van der Waals surface area contributed by atoms with Gasteiger partial charge in [0.05, 0.1) is 5.57 Å². The second kappa shape index (κ2) is 7.63. The largest absolute Gasteiger partial charge is 0.384 e. The first-order valence-electron chi connectivity index (χ1n) is 11.4. The summed E-state index contributed by atoms with van der Waals surface area (Å²) in [6.07, 6.45) is 2.40. The van der Waals surface area contributed by atoms with Crippen LogP contribution < -0.4 is 15.5 Å². The number of anilines is 2. The molecule has 3 aliphatic rings. The van der Waals surface area contributed by atoms with Gasteiger partial charge < -0.3 is 10.6 Å². The van der Waals surface area contributed by atoms with Gasteiger partial charge in [0.2, 0.25) is 5.91 Å². The number of hydrogen-bond donors (Lipinski definition) is 1. The molecule has 0 saturated heterocycles. The average Bonchev–Trinajstić information content (AvgIpc) is 3.05. The molecule has 1 spiro atoms. The number of amides is 1. The van der Waals surface area contributed by atoms with E-state index in [9.17, 15) is 14.9 Å². The molecule has 1 unspecified atom stereocenters. The number of benzene rings is 2. The summed E-state index contributed by atoms with van der Waals surface area (Å²) >= 11 is 0.